The molecule has 5 heteroatoms. The van der Waals surface area contributed by atoms with Gasteiger partial charge in [0, 0.05) is 36.7 Å². The summed E-state index contributed by atoms with van der Waals surface area (Å²) < 4.78 is 5.37. The monoisotopic (exact) mass is 338 g/mol. The number of ether oxygens (including phenoxy) is 1. The summed E-state index contributed by atoms with van der Waals surface area (Å²) in [7, 11) is 0. The molecule has 1 N–H and O–H groups in total. The van der Waals surface area contributed by atoms with Crippen molar-refractivity contribution >= 4 is 17.5 Å². The summed E-state index contributed by atoms with van der Waals surface area (Å²) in [6, 6.07) is 16.7. The molecule has 130 valence electrons. The van der Waals surface area contributed by atoms with Gasteiger partial charge in [-0.05, 0) is 43.3 Å². The summed E-state index contributed by atoms with van der Waals surface area (Å²) in [6.45, 7) is 3.63. The molecular weight excluding hydrogens is 316 g/mol. The molecule has 25 heavy (non-hydrogen) atoms. The van der Waals surface area contributed by atoms with Crippen LogP contribution in [0.1, 0.15) is 23.7 Å². The second kappa shape index (κ2) is 7.83. The molecule has 2 aromatic carbocycles. The highest BCUT2D eigenvalue weighted by Gasteiger charge is 2.30. The van der Waals surface area contributed by atoms with Crippen molar-refractivity contribution in [2.24, 2.45) is 5.92 Å². The van der Waals surface area contributed by atoms with E-state index in [2.05, 4.69) is 5.32 Å². The number of benzene rings is 2. The Morgan fingerprint density at radius 2 is 1.88 bits per heavy atom. The summed E-state index contributed by atoms with van der Waals surface area (Å²) in [5, 5.41) is 2.93. The molecule has 1 unspecified atom stereocenters. The fourth-order valence-electron chi connectivity index (χ4n) is 2.98. The first-order valence-corrected chi connectivity index (χ1v) is 8.54. The van der Waals surface area contributed by atoms with Crippen LogP contribution < -0.4 is 15.0 Å². The highest BCUT2D eigenvalue weighted by Crippen LogP contribution is 2.24. The average Bonchev–Trinajstić information content (AvgIpc) is 3.02. The lowest BCUT2D eigenvalue weighted by Gasteiger charge is -2.16. The van der Waals surface area contributed by atoms with Gasteiger partial charge in [0.25, 0.3) is 5.91 Å². The number of hydrogen-bond donors (Lipinski definition) is 1. The van der Waals surface area contributed by atoms with Gasteiger partial charge in [0.1, 0.15) is 5.75 Å². The van der Waals surface area contributed by atoms with Crippen LogP contribution >= 0.6 is 0 Å². The Morgan fingerprint density at radius 3 is 2.56 bits per heavy atom. The van der Waals surface area contributed by atoms with Crippen LogP contribution in [0.5, 0.6) is 5.75 Å². The topological polar surface area (TPSA) is 58.6 Å². The molecule has 0 bridgehead atoms. The highest BCUT2D eigenvalue weighted by atomic mass is 16.5. The van der Waals surface area contributed by atoms with Gasteiger partial charge in [0.15, 0.2) is 0 Å². The van der Waals surface area contributed by atoms with E-state index in [4.69, 9.17) is 4.74 Å². The maximum absolute atomic E-state index is 12.3. The van der Waals surface area contributed by atoms with Crippen molar-refractivity contribution < 1.29 is 14.3 Å². The zero-order chi connectivity index (χ0) is 17.6. The number of para-hydroxylation sites is 1. The van der Waals surface area contributed by atoms with E-state index in [-0.39, 0.29) is 17.7 Å². The highest BCUT2D eigenvalue weighted by molar-refractivity contribution is 5.96. The number of nitrogens with zero attached hydrogens (tertiary/aromatic N) is 1. The minimum atomic E-state index is -0.131. The number of hydrogen-bond acceptors (Lipinski definition) is 3. The van der Waals surface area contributed by atoms with Crippen LogP contribution in [0.2, 0.25) is 0 Å². The SMILES string of the molecule is CCOc1ccc(C(=O)NCC2CC(=O)N(c3ccccc3)C2)cc1. The van der Waals surface area contributed by atoms with Crippen LogP contribution in [0.4, 0.5) is 5.69 Å². The molecule has 0 spiro atoms. The van der Waals surface area contributed by atoms with Crippen molar-refractivity contribution in [2.75, 3.05) is 24.6 Å². The van der Waals surface area contributed by atoms with Gasteiger partial charge in [-0.1, -0.05) is 18.2 Å². The first kappa shape index (κ1) is 17.0. The second-order valence-electron chi connectivity index (χ2n) is 6.08. The Labute approximate surface area is 147 Å². The Bertz CT molecular complexity index is 728. The minimum absolute atomic E-state index is 0.103. The average molecular weight is 338 g/mol. The molecule has 0 aliphatic carbocycles. The zero-order valence-corrected chi connectivity index (χ0v) is 14.3. The van der Waals surface area contributed by atoms with Gasteiger partial charge in [-0.3, -0.25) is 9.59 Å². The van der Waals surface area contributed by atoms with Gasteiger partial charge in [-0.25, -0.2) is 0 Å². The molecule has 2 aromatic rings. The smallest absolute Gasteiger partial charge is 0.251 e. The third-order valence-electron chi connectivity index (χ3n) is 4.25. The predicted octanol–water partition coefficient (Wildman–Crippen LogP) is 2.87. The quantitative estimate of drug-likeness (QED) is 0.881. The number of amides is 2. The molecule has 1 aliphatic heterocycles. The Balaban J connectivity index is 1.53. The molecule has 1 aliphatic rings. The summed E-state index contributed by atoms with van der Waals surface area (Å²) in [4.78, 5) is 26.2. The molecule has 1 saturated heterocycles. The van der Waals surface area contributed by atoms with Crippen molar-refractivity contribution in [2.45, 2.75) is 13.3 Å². The van der Waals surface area contributed by atoms with E-state index in [1.54, 1.807) is 29.2 Å². The molecule has 0 radical (unpaired) electrons. The summed E-state index contributed by atoms with van der Waals surface area (Å²) in [5.74, 6) is 0.846. The minimum Gasteiger partial charge on any atom is -0.494 e. The van der Waals surface area contributed by atoms with Crippen molar-refractivity contribution in [1.29, 1.82) is 0 Å². The molecule has 3 rings (SSSR count). The number of carbonyl (C=O) groups is 2. The third kappa shape index (κ3) is 4.18. The third-order valence-corrected chi connectivity index (χ3v) is 4.25. The molecular formula is C20H22N2O3. The lowest BCUT2D eigenvalue weighted by molar-refractivity contribution is -0.117. The van der Waals surface area contributed by atoms with Gasteiger partial charge in [-0.2, -0.15) is 0 Å². The summed E-state index contributed by atoms with van der Waals surface area (Å²) >= 11 is 0. The zero-order valence-electron chi connectivity index (χ0n) is 14.3. The Morgan fingerprint density at radius 1 is 1.16 bits per heavy atom. The van der Waals surface area contributed by atoms with E-state index in [1.807, 2.05) is 37.3 Å². The number of carbonyl (C=O) groups excluding carboxylic acids is 2. The summed E-state index contributed by atoms with van der Waals surface area (Å²) in [5.41, 5.74) is 1.50. The number of nitrogens with one attached hydrogen (secondary N) is 1. The molecule has 1 atom stereocenters. The molecule has 0 saturated carbocycles. The van der Waals surface area contributed by atoms with Crippen LogP contribution in [0.3, 0.4) is 0 Å². The van der Waals surface area contributed by atoms with E-state index in [1.165, 1.54) is 0 Å². The largest absolute Gasteiger partial charge is 0.494 e. The van der Waals surface area contributed by atoms with Crippen molar-refractivity contribution in [1.82, 2.24) is 5.32 Å². The van der Waals surface area contributed by atoms with Gasteiger partial charge >= 0.3 is 0 Å². The Hall–Kier alpha value is -2.82. The first-order valence-electron chi connectivity index (χ1n) is 8.54. The van der Waals surface area contributed by atoms with Crippen LogP contribution in [0.15, 0.2) is 54.6 Å². The van der Waals surface area contributed by atoms with E-state index in [9.17, 15) is 9.59 Å². The van der Waals surface area contributed by atoms with Gasteiger partial charge in [-0.15, -0.1) is 0 Å². The normalized spacial score (nSPS) is 16.8. The van der Waals surface area contributed by atoms with Gasteiger partial charge in [0.05, 0.1) is 6.61 Å². The lowest BCUT2D eigenvalue weighted by atomic mass is 10.1. The van der Waals surface area contributed by atoms with E-state index in [0.717, 1.165) is 11.4 Å². The number of anilines is 1. The van der Waals surface area contributed by atoms with Gasteiger partial charge < -0.3 is 15.0 Å². The van der Waals surface area contributed by atoms with Crippen molar-refractivity contribution in [3.63, 3.8) is 0 Å². The molecule has 2 amide bonds. The second-order valence-corrected chi connectivity index (χ2v) is 6.08. The van der Waals surface area contributed by atoms with E-state index in [0.29, 0.717) is 31.7 Å². The Kier molecular flexibility index (Phi) is 5.33. The fraction of sp³-hybridized carbons (Fsp3) is 0.300. The van der Waals surface area contributed by atoms with Crippen LogP contribution in [-0.2, 0) is 4.79 Å². The molecule has 0 aromatic heterocycles. The van der Waals surface area contributed by atoms with E-state index >= 15 is 0 Å². The molecule has 5 nitrogen and oxygen atoms in total. The molecule has 1 heterocycles. The first-order chi connectivity index (χ1) is 12.2. The van der Waals surface area contributed by atoms with Crippen molar-refractivity contribution in [3.05, 3.63) is 60.2 Å². The van der Waals surface area contributed by atoms with Gasteiger partial charge in [0.2, 0.25) is 5.91 Å². The maximum Gasteiger partial charge on any atom is 0.251 e. The standard InChI is InChI=1S/C20H22N2O3/c1-2-25-18-10-8-16(9-11-18)20(24)21-13-15-12-19(23)22(14-15)17-6-4-3-5-7-17/h3-11,15H,2,12-14H2,1H3,(H,21,24). The van der Waals surface area contributed by atoms with Crippen LogP contribution in [0, 0.1) is 5.92 Å². The van der Waals surface area contributed by atoms with E-state index < -0.39 is 0 Å². The van der Waals surface area contributed by atoms with Crippen LogP contribution in [0.25, 0.3) is 0 Å². The predicted molar refractivity (Wildman–Crippen MR) is 96.8 cm³/mol. The van der Waals surface area contributed by atoms with Crippen molar-refractivity contribution in [3.8, 4) is 5.75 Å². The lowest BCUT2D eigenvalue weighted by Crippen LogP contribution is -2.31. The summed E-state index contributed by atoms with van der Waals surface area (Å²) in [6.07, 6.45) is 0.457. The maximum atomic E-state index is 12.3. The van der Waals surface area contributed by atoms with Crippen LogP contribution in [-0.4, -0.2) is 31.5 Å². The number of rotatable bonds is 6. The molecule has 1 fully saturated rings. The fourth-order valence-corrected chi connectivity index (χ4v) is 2.98.